The van der Waals surface area contributed by atoms with Crippen molar-refractivity contribution in [1.29, 1.82) is 0 Å². The highest BCUT2D eigenvalue weighted by atomic mass is 16.3. The molecule has 1 fully saturated rings. The fourth-order valence-electron chi connectivity index (χ4n) is 2.92. The zero-order valence-electron chi connectivity index (χ0n) is 15.1. The van der Waals surface area contributed by atoms with Gasteiger partial charge in [-0.05, 0) is 24.7 Å². The van der Waals surface area contributed by atoms with Crippen LogP contribution in [0.2, 0.25) is 0 Å². The number of nitrogens with one attached hydrogen (secondary N) is 1. The highest BCUT2D eigenvalue weighted by molar-refractivity contribution is 5.97. The molecule has 0 atom stereocenters. The lowest BCUT2D eigenvalue weighted by Gasteiger charge is -2.27. The Morgan fingerprint density at radius 1 is 1.38 bits per heavy atom. The summed E-state index contributed by atoms with van der Waals surface area (Å²) in [5.74, 6) is -1.88. The first-order valence-electron chi connectivity index (χ1n) is 8.54. The van der Waals surface area contributed by atoms with Crippen molar-refractivity contribution in [2.24, 2.45) is 11.1 Å². The monoisotopic (exact) mass is 361 g/mol. The summed E-state index contributed by atoms with van der Waals surface area (Å²) in [7, 11) is 0. The third-order valence-electron chi connectivity index (χ3n) is 4.40. The lowest BCUT2D eigenvalue weighted by Crippen LogP contribution is -2.42. The molecule has 0 radical (unpaired) electrons. The summed E-state index contributed by atoms with van der Waals surface area (Å²) in [5, 5.41) is 17.4. The number of carbonyl (C=O) groups excluding carboxylic acids is 2. The zero-order valence-corrected chi connectivity index (χ0v) is 15.1. The maximum Gasteiger partial charge on any atom is 0.291 e. The normalized spacial score (nSPS) is 15.0. The van der Waals surface area contributed by atoms with Crippen molar-refractivity contribution in [3.63, 3.8) is 0 Å². The van der Waals surface area contributed by atoms with Crippen molar-refractivity contribution < 1.29 is 14.7 Å². The molecular weight excluding hydrogens is 338 g/mol. The van der Waals surface area contributed by atoms with Gasteiger partial charge in [0.2, 0.25) is 5.88 Å². The summed E-state index contributed by atoms with van der Waals surface area (Å²) in [5.41, 5.74) is 3.92. The largest absolute Gasteiger partial charge is 0.494 e. The molecule has 2 heterocycles. The third kappa shape index (κ3) is 3.16. The minimum atomic E-state index is -0.796. The minimum absolute atomic E-state index is 0.00636. The van der Waals surface area contributed by atoms with E-state index >= 15 is 0 Å². The average molecular weight is 361 g/mol. The summed E-state index contributed by atoms with van der Waals surface area (Å²) in [6, 6.07) is 1.34. The summed E-state index contributed by atoms with van der Waals surface area (Å²) < 4.78 is 2.36. The van der Waals surface area contributed by atoms with Gasteiger partial charge in [0, 0.05) is 18.7 Å². The van der Waals surface area contributed by atoms with Gasteiger partial charge in [-0.2, -0.15) is 9.61 Å². The van der Waals surface area contributed by atoms with Crippen molar-refractivity contribution >= 4 is 17.5 Å². The average Bonchev–Trinajstić information content (AvgIpc) is 2.92. The molecule has 2 amide bonds. The number of aromatic hydroxyl groups is 1. The van der Waals surface area contributed by atoms with Crippen LogP contribution < -0.4 is 16.6 Å². The Balaban J connectivity index is 2.22. The molecular formula is C17H23N5O4. The van der Waals surface area contributed by atoms with Gasteiger partial charge in [0.15, 0.2) is 11.3 Å². The highest BCUT2D eigenvalue weighted by Crippen LogP contribution is 2.25. The number of hydrogen-bond acceptors (Lipinski definition) is 5. The van der Waals surface area contributed by atoms with E-state index in [0.717, 1.165) is 23.8 Å². The van der Waals surface area contributed by atoms with Crippen LogP contribution in [-0.4, -0.2) is 37.1 Å². The molecule has 0 unspecified atom stereocenters. The van der Waals surface area contributed by atoms with Crippen LogP contribution in [0.4, 0.5) is 0 Å². The lowest BCUT2D eigenvalue weighted by atomic mass is 9.93. The Hall–Kier alpha value is -2.84. The van der Waals surface area contributed by atoms with Crippen LogP contribution in [0.3, 0.4) is 0 Å². The molecule has 2 aromatic rings. The summed E-state index contributed by atoms with van der Waals surface area (Å²) >= 11 is 0. The van der Waals surface area contributed by atoms with Crippen LogP contribution in [0, 0.1) is 5.41 Å². The van der Waals surface area contributed by atoms with E-state index in [2.05, 4.69) is 10.4 Å². The van der Waals surface area contributed by atoms with E-state index in [0.29, 0.717) is 6.54 Å². The zero-order chi connectivity index (χ0) is 19.2. The number of hydrogen-bond donors (Lipinski definition) is 3. The Morgan fingerprint density at radius 2 is 2.04 bits per heavy atom. The van der Waals surface area contributed by atoms with Crippen LogP contribution in [0.5, 0.6) is 5.88 Å². The molecule has 1 aliphatic rings. The first-order valence-corrected chi connectivity index (χ1v) is 8.54. The van der Waals surface area contributed by atoms with Gasteiger partial charge in [-0.15, -0.1) is 0 Å². The van der Waals surface area contributed by atoms with Crippen molar-refractivity contribution in [2.75, 3.05) is 0 Å². The standard InChI is InChI=1S/C17H23N5O4/c1-17(2,3)8-21-11-7-10(13(18)23)20-22(11)16(26)12(15(21)25)14(24)19-9-5-4-6-9/h7,9,25H,4-6,8H2,1-3H3,(H2,18,23)(H,19,24). The van der Waals surface area contributed by atoms with Gasteiger partial charge in [0.1, 0.15) is 5.65 Å². The summed E-state index contributed by atoms with van der Waals surface area (Å²) in [6.45, 7) is 6.14. The molecule has 9 nitrogen and oxygen atoms in total. The Bertz CT molecular complexity index is 947. The molecule has 3 rings (SSSR count). The molecule has 140 valence electrons. The molecule has 1 saturated carbocycles. The number of primary amides is 1. The van der Waals surface area contributed by atoms with Gasteiger partial charge in [-0.3, -0.25) is 19.0 Å². The van der Waals surface area contributed by atoms with Crippen molar-refractivity contribution in [3.8, 4) is 5.88 Å². The van der Waals surface area contributed by atoms with Crippen LogP contribution in [0.15, 0.2) is 10.9 Å². The Morgan fingerprint density at radius 3 is 2.54 bits per heavy atom. The topological polar surface area (TPSA) is 132 Å². The molecule has 1 aliphatic carbocycles. The number of aromatic nitrogens is 3. The third-order valence-corrected chi connectivity index (χ3v) is 4.40. The van der Waals surface area contributed by atoms with Crippen LogP contribution >= 0.6 is 0 Å². The van der Waals surface area contributed by atoms with Crippen LogP contribution in [0.1, 0.15) is 60.9 Å². The number of amides is 2. The smallest absolute Gasteiger partial charge is 0.291 e. The Labute approximate surface area is 149 Å². The SMILES string of the molecule is CC(C)(C)Cn1c(O)c(C(=O)NC2CCC2)c(=O)n2nc(C(N)=O)cc12. The van der Waals surface area contributed by atoms with E-state index in [-0.39, 0.29) is 28.4 Å². The number of nitrogens with two attached hydrogens (primary N) is 1. The fraction of sp³-hybridized carbons (Fsp3) is 0.529. The van der Waals surface area contributed by atoms with E-state index in [4.69, 9.17) is 5.73 Å². The van der Waals surface area contributed by atoms with E-state index in [1.54, 1.807) is 0 Å². The van der Waals surface area contributed by atoms with Crippen molar-refractivity contribution in [1.82, 2.24) is 19.5 Å². The summed E-state index contributed by atoms with van der Waals surface area (Å²) in [4.78, 5) is 36.8. The second kappa shape index (κ2) is 6.15. The first-order chi connectivity index (χ1) is 12.1. The molecule has 9 heteroatoms. The predicted molar refractivity (Wildman–Crippen MR) is 94.2 cm³/mol. The number of nitrogens with zero attached hydrogens (tertiary/aromatic N) is 3. The molecule has 0 spiro atoms. The fourth-order valence-corrected chi connectivity index (χ4v) is 2.92. The van der Waals surface area contributed by atoms with Gasteiger partial charge < -0.3 is 16.2 Å². The van der Waals surface area contributed by atoms with Crippen molar-refractivity contribution in [2.45, 2.75) is 52.6 Å². The second-order valence-electron chi connectivity index (χ2n) is 7.92. The van der Waals surface area contributed by atoms with E-state index < -0.39 is 23.3 Å². The maximum absolute atomic E-state index is 12.7. The number of rotatable bonds is 4. The van der Waals surface area contributed by atoms with Gasteiger partial charge >= 0.3 is 0 Å². The Kier molecular flexibility index (Phi) is 4.25. The van der Waals surface area contributed by atoms with Gasteiger partial charge in [0.05, 0.1) is 0 Å². The molecule has 0 aromatic carbocycles. The molecule has 2 aromatic heterocycles. The number of fused-ring (bicyclic) bond motifs is 1. The van der Waals surface area contributed by atoms with Crippen LogP contribution in [-0.2, 0) is 6.54 Å². The highest BCUT2D eigenvalue weighted by Gasteiger charge is 2.29. The second-order valence-corrected chi connectivity index (χ2v) is 7.92. The molecule has 4 N–H and O–H groups in total. The molecule has 0 aliphatic heterocycles. The van der Waals surface area contributed by atoms with Crippen LogP contribution in [0.25, 0.3) is 5.65 Å². The van der Waals surface area contributed by atoms with E-state index in [9.17, 15) is 19.5 Å². The van der Waals surface area contributed by atoms with Crippen molar-refractivity contribution in [3.05, 3.63) is 27.7 Å². The molecule has 0 bridgehead atoms. The molecule has 0 saturated heterocycles. The lowest BCUT2D eigenvalue weighted by molar-refractivity contribution is 0.0909. The molecule has 26 heavy (non-hydrogen) atoms. The van der Waals surface area contributed by atoms with E-state index in [1.807, 2.05) is 20.8 Å². The van der Waals surface area contributed by atoms with Gasteiger partial charge in [-0.1, -0.05) is 20.8 Å². The quantitative estimate of drug-likeness (QED) is 0.735. The number of carbonyl (C=O) groups is 2. The van der Waals surface area contributed by atoms with E-state index in [1.165, 1.54) is 10.6 Å². The minimum Gasteiger partial charge on any atom is -0.494 e. The van der Waals surface area contributed by atoms with Gasteiger partial charge in [-0.25, -0.2) is 0 Å². The predicted octanol–water partition coefficient (Wildman–Crippen LogP) is 0.629. The first kappa shape index (κ1) is 18.0. The van der Waals surface area contributed by atoms with Gasteiger partial charge in [0.25, 0.3) is 17.4 Å². The summed E-state index contributed by atoms with van der Waals surface area (Å²) in [6.07, 6.45) is 2.71. The maximum atomic E-state index is 12.7.